The van der Waals surface area contributed by atoms with E-state index in [-0.39, 0.29) is 35.7 Å². The zero-order chi connectivity index (χ0) is 14.2. The van der Waals surface area contributed by atoms with Gasteiger partial charge in [0.15, 0.2) is 0 Å². The number of benzene rings is 1. The number of amides is 1. The topological polar surface area (TPSA) is 58.6 Å². The van der Waals surface area contributed by atoms with Crippen molar-refractivity contribution in [3.8, 4) is 5.75 Å². The van der Waals surface area contributed by atoms with Crippen molar-refractivity contribution in [1.82, 2.24) is 0 Å². The van der Waals surface area contributed by atoms with E-state index in [1.165, 1.54) is 0 Å². The van der Waals surface area contributed by atoms with Crippen molar-refractivity contribution in [2.45, 2.75) is 39.9 Å². The zero-order valence-corrected chi connectivity index (χ0v) is 11.8. The number of rotatable bonds is 2. The number of carbonyl (C=O) groups is 1. The fourth-order valence-corrected chi connectivity index (χ4v) is 2.72. The molecule has 1 aromatic carbocycles. The number of phenolic OH excluding ortho intramolecular Hbond substituents is 1. The van der Waals surface area contributed by atoms with E-state index in [1.807, 2.05) is 27.7 Å². The predicted molar refractivity (Wildman–Crippen MR) is 74.1 cm³/mol. The maximum absolute atomic E-state index is 12.4. The summed E-state index contributed by atoms with van der Waals surface area (Å²) in [7, 11) is 0. The lowest BCUT2D eigenvalue weighted by Gasteiger charge is -2.18. The van der Waals surface area contributed by atoms with Crippen molar-refractivity contribution in [3.63, 3.8) is 0 Å². The molecule has 0 radical (unpaired) electrons. The van der Waals surface area contributed by atoms with Crippen molar-refractivity contribution in [3.05, 3.63) is 23.8 Å². The van der Waals surface area contributed by atoms with Gasteiger partial charge in [-0.25, -0.2) is 0 Å². The lowest BCUT2D eigenvalue weighted by Crippen LogP contribution is -2.32. The van der Waals surface area contributed by atoms with E-state index in [0.717, 1.165) is 11.3 Å². The van der Waals surface area contributed by atoms with Gasteiger partial charge in [0.1, 0.15) is 5.75 Å². The highest BCUT2D eigenvalue weighted by Crippen LogP contribution is 2.33. The molecule has 1 amide bonds. The smallest absolute Gasteiger partial charge is 0.230 e. The van der Waals surface area contributed by atoms with Crippen molar-refractivity contribution in [2.75, 3.05) is 5.32 Å². The molecular weight excluding hydrogens is 242 g/mol. The van der Waals surface area contributed by atoms with Gasteiger partial charge in [-0.3, -0.25) is 4.79 Å². The van der Waals surface area contributed by atoms with E-state index >= 15 is 0 Å². The molecule has 4 atom stereocenters. The number of ether oxygens (including phenoxy) is 1. The van der Waals surface area contributed by atoms with E-state index in [9.17, 15) is 9.90 Å². The highest BCUT2D eigenvalue weighted by molar-refractivity contribution is 5.94. The van der Waals surface area contributed by atoms with Gasteiger partial charge in [-0.2, -0.15) is 0 Å². The average molecular weight is 263 g/mol. The average Bonchev–Trinajstić information content (AvgIpc) is 2.57. The minimum Gasteiger partial charge on any atom is -0.508 e. The van der Waals surface area contributed by atoms with E-state index in [1.54, 1.807) is 18.2 Å². The Morgan fingerprint density at radius 1 is 1.26 bits per heavy atom. The highest BCUT2D eigenvalue weighted by atomic mass is 16.5. The molecule has 104 valence electrons. The number of anilines is 1. The first-order valence-corrected chi connectivity index (χ1v) is 6.66. The molecule has 1 aliphatic rings. The molecule has 1 fully saturated rings. The molecule has 0 aromatic heterocycles. The van der Waals surface area contributed by atoms with Gasteiger partial charge >= 0.3 is 0 Å². The molecule has 4 unspecified atom stereocenters. The Labute approximate surface area is 113 Å². The van der Waals surface area contributed by atoms with Gasteiger partial charge in [-0.15, -0.1) is 0 Å². The summed E-state index contributed by atoms with van der Waals surface area (Å²) in [5, 5.41) is 12.3. The van der Waals surface area contributed by atoms with Crippen LogP contribution in [0.25, 0.3) is 0 Å². The molecule has 4 nitrogen and oxygen atoms in total. The maximum Gasteiger partial charge on any atom is 0.230 e. The second-order valence-corrected chi connectivity index (χ2v) is 5.42. The van der Waals surface area contributed by atoms with Gasteiger partial charge in [0.25, 0.3) is 0 Å². The van der Waals surface area contributed by atoms with Gasteiger partial charge in [0.2, 0.25) is 5.91 Å². The molecule has 1 aromatic rings. The molecule has 1 heterocycles. The molecule has 2 N–H and O–H groups in total. The number of carbonyl (C=O) groups excluding carboxylic acids is 1. The molecule has 1 saturated heterocycles. The molecule has 19 heavy (non-hydrogen) atoms. The standard InChI is InChI=1S/C15H21NO3/c1-8-7-12(17)5-6-13(8)16-15(18)14-9(2)10(3)19-11(14)4/h5-7,9-11,14,17H,1-4H3,(H,16,18). The Hall–Kier alpha value is -1.55. The van der Waals surface area contributed by atoms with E-state index in [2.05, 4.69) is 5.32 Å². The SMILES string of the molecule is Cc1cc(O)ccc1NC(=O)C1C(C)OC(C)C1C. The predicted octanol–water partition coefficient (Wildman–Crippen LogP) is 2.70. The van der Waals surface area contributed by atoms with Crippen molar-refractivity contribution in [1.29, 1.82) is 0 Å². The van der Waals surface area contributed by atoms with Crippen LogP contribution in [0, 0.1) is 18.8 Å². The molecular formula is C15H21NO3. The second-order valence-electron chi connectivity index (χ2n) is 5.42. The van der Waals surface area contributed by atoms with Crippen molar-refractivity contribution < 1.29 is 14.6 Å². The summed E-state index contributed by atoms with van der Waals surface area (Å²) < 4.78 is 5.69. The minimum absolute atomic E-state index is 0.0156. The maximum atomic E-state index is 12.4. The van der Waals surface area contributed by atoms with E-state index < -0.39 is 0 Å². The van der Waals surface area contributed by atoms with Crippen LogP contribution in [0.4, 0.5) is 5.69 Å². The van der Waals surface area contributed by atoms with Crippen LogP contribution in [0.15, 0.2) is 18.2 Å². The summed E-state index contributed by atoms with van der Waals surface area (Å²) in [5.74, 6) is 0.254. The van der Waals surface area contributed by atoms with E-state index in [4.69, 9.17) is 4.74 Å². The third kappa shape index (κ3) is 2.73. The fraction of sp³-hybridized carbons (Fsp3) is 0.533. The molecule has 0 bridgehead atoms. The lowest BCUT2D eigenvalue weighted by molar-refractivity contribution is -0.121. The Balaban J connectivity index is 2.13. The van der Waals surface area contributed by atoms with Crippen LogP contribution in [-0.4, -0.2) is 23.2 Å². The number of hydrogen-bond acceptors (Lipinski definition) is 3. The Morgan fingerprint density at radius 2 is 1.95 bits per heavy atom. The number of nitrogens with one attached hydrogen (secondary N) is 1. The van der Waals surface area contributed by atoms with Crippen LogP contribution >= 0.6 is 0 Å². The largest absolute Gasteiger partial charge is 0.508 e. The third-order valence-electron chi connectivity index (χ3n) is 4.01. The molecule has 2 rings (SSSR count). The van der Waals surface area contributed by atoms with Crippen LogP contribution in [0.1, 0.15) is 26.3 Å². The Kier molecular flexibility index (Phi) is 3.80. The molecule has 0 aliphatic carbocycles. The highest BCUT2D eigenvalue weighted by Gasteiger charge is 2.41. The summed E-state index contributed by atoms with van der Waals surface area (Å²) in [5.41, 5.74) is 1.59. The normalized spacial score (nSPS) is 30.3. The van der Waals surface area contributed by atoms with Crippen molar-refractivity contribution >= 4 is 11.6 Å². The first-order chi connectivity index (χ1) is 8.90. The second kappa shape index (κ2) is 5.21. The van der Waals surface area contributed by atoms with Gasteiger partial charge in [0, 0.05) is 5.69 Å². The van der Waals surface area contributed by atoms with Crippen LogP contribution in [0.2, 0.25) is 0 Å². The number of aryl methyl sites for hydroxylation is 1. The van der Waals surface area contributed by atoms with Crippen LogP contribution < -0.4 is 5.32 Å². The summed E-state index contributed by atoms with van der Waals surface area (Å²) in [6, 6.07) is 4.93. The fourth-order valence-electron chi connectivity index (χ4n) is 2.72. The number of phenols is 1. The minimum atomic E-state index is -0.136. The third-order valence-corrected chi connectivity index (χ3v) is 4.01. The van der Waals surface area contributed by atoms with Crippen LogP contribution in [0.3, 0.4) is 0 Å². The van der Waals surface area contributed by atoms with Gasteiger partial charge in [-0.1, -0.05) is 6.92 Å². The molecule has 1 aliphatic heterocycles. The number of aromatic hydroxyl groups is 1. The number of hydrogen-bond donors (Lipinski definition) is 2. The molecule has 0 spiro atoms. The molecule has 4 heteroatoms. The first-order valence-electron chi connectivity index (χ1n) is 6.66. The Bertz CT molecular complexity index is 486. The summed E-state index contributed by atoms with van der Waals surface area (Å²) in [6.45, 7) is 7.84. The van der Waals surface area contributed by atoms with Gasteiger partial charge in [0.05, 0.1) is 18.1 Å². The van der Waals surface area contributed by atoms with Crippen molar-refractivity contribution in [2.24, 2.45) is 11.8 Å². The van der Waals surface area contributed by atoms with Gasteiger partial charge < -0.3 is 15.2 Å². The molecule has 0 saturated carbocycles. The van der Waals surface area contributed by atoms with E-state index in [0.29, 0.717) is 0 Å². The zero-order valence-electron chi connectivity index (χ0n) is 11.8. The van der Waals surface area contributed by atoms with Crippen LogP contribution in [-0.2, 0) is 9.53 Å². The Morgan fingerprint density at radius 3 is 2.47 bits per heavy atom. The summed E-state index contributed by atoms with van der Waals surface area (Å²) in [4.78, 5) is 12.4. The first kappa shape index (κ1) is 13.9. The monoisotopic (exact) mass is 263 g/mol. The quantitative estimate of drug-likeness (QED) is 0.807. The summed E-state index contributed by atoms with van der Waals surface area (Å²) >= 11 is 0. The summed E-state index contributed by atoms with van der Waals surface area (Å²) in [6.07, 6.45) is 0.0362. The van der Waals surface area contributed by atoms with Gasteiger partial charge in [-0.05, 0) is 50.5 Å². The lowest BCUT2D eigenvalue weighted by atomic mass is 9.88. The van der Waals surface area contributed by atoms with Crippen LogP contribution in [0.5, 0.6) is 5.75 Å².